The third kappa shape index (κ3) is 4.18. The largest absolute Gasteiger partial charge is 0.377 e. The van der Waals surface area contributed by atoms with Crippen LogP contribution in [-0.4, -0.2) is 72.6 Å². The monoisotopic (exact) mass is 398 g/mol. The lowest BCUT2D eigenvalue weighted by molar-refractivity contribution is -0.126. The van der Waals surface area contributed by atoms with E-state index < -0.39 is 0 Å². The molecule has 8 heteroatoms. The molecule has 154 valence electrons. The summed E-state index contributed by atoms with van der Waals surface area (Å²) >= 11 is 0. The standard InChI is InChI=1S/C21H26N4O4/c1-28-15-17-14-18(22-29-17)20(26)24-12-10-23(11-13-24)19-8-5-9-25(21(19)27)16-6-3-2-4-7-16/h2-4,6-7,14,19H,5,8-13,15H2,1H3/t19-/m0/s1. The maximum Gasteiger partial charge on any atom is 0.276 e. The SMILES string of the molecule is COCc1cc(C(=O)N2CCN([C@H]3CCCN(c4ccccc4)C3=O)CC2)no1. The number of methoxy groups -OCH3 is 1. The Morgan fingerprint density at radius 2 is 1.93 bits per heavy atom. The molecule has 2 aliphatic heterocycles. The predicted octanol–water partition coefficient (Wildman–Crippen LogP) is 1.77. The van der Waals surface area contributed by atoms with Crippen molar-refractivity contribution < 1.29 is 18.8 Å². The lowest BCUT2D eigenvalue weighted by atomic mass is 10.0. The normalized spacial score (nSPS) is 20.9. The number of piperidine rings is 1. The summed E-state index contributed by atoms with van der Waals surface area (Å²) in [6.07, 6.45) is 1.84. The minimum Gasteiger partial charge on any atom is -0.377 e. The minimum atomic E-state index is -0.142. The summed E-state index contributed by atoms with van der Waals surface area (Å²) in [6.45, 7) is 3.53. The number of piperazine rings is 1. The van der Waals surface area contributed by atoms with Gasteiger partial charge in [-0.25, -0.2) is 0 Å². The van der Waals surface area contributed by atoms with E-state index in [-0.39, 0.29) is 24.5 Å². The third-order valence-corrected chi connectivity index (χ3v) is 5.59. The van der Waals surface area contributed by atoms with Crippen molar-refractivity contribution in [2.75, 3.05) is 44.7 Å². The number of rotatable bonds is 5. The predicted molar refractivity (Wildman–Crippen MR) is 107 cm³/mol. The Morgan fingerprint density at radius 3 is 2.66 bits per heavy atom. The van der Waals surface area contributed by atoms with Crippen molar-refractivity contribution in [2.24, 2.45) is 0 Å². The molecule has 29 heavy (non-hydrogen) atoms. The van der Waals surface area contributed by atoms with Gasteiger partial charge in [-0.2, -0.15) is 0 Å². The van der Waals surface area contributed by atoms with E-state index in [2.05, 4.69) is 10.1 Å². The van der Waals surface area contributed by atoms with Crippen LogP contribution >= 0.6 is 0 Å². The van der Waals surface area contributed by atoms with Gasteiger partial charge < -0.3 is 19.1 Å². The maximum atomic E-state index is 13.1. The summed E-state index contributed by atoms with van der Waals surface area (Å²) in [4.78, 5) is 31.6. The van der Waals surface area contributed by atoms with E-state index in [1.807, 2.05) is 35.2 Å². The second-order valence-corrected chi connectivity index (χ2v) is 7.42. The first-order chi connectivity index (χ1) is 14.2. The van der Waals surface area contributed by atoms with Crippen molar-refractivity contribution in [2.45, 2.75) is 25.5 Å². The number of carbonyl (C=O) groups is 2. The number of carbonyl (C=O) groups excluding carboxylic acids is 2. The first-order valence-corrected chi connectivity index (χ1v) is 10.0. The fourth-order valence-electron chi connectivity index (χ4n) is 4.08. The Kier molecular flexibility index (Phi) is 5.92. The molecular formula is C21H26N4O4. The van der Waals surface area contributed by atoms with Gasteiger partial charge in [-0.3, -0.25) is 14.5 Å². The van der Waals surface area contributed by atoms with Gasteiger partial charge in [0.05, 0.1) is 6.04 Å². The first kappa shape index (κ1) is 19.6. The molecule has 1 aromatic heterocycles. The van der Waals surface area contributed by atoms with Gasteiger partial charge in [-0.15, -0.1) is 0 Å². The first-order valence-electron chi connectivity index (χ1n) is 10.0. The summed E-state index contributed by atoms with van der Waals surface area (Å²) in [5.74, 6) is 0.544. The molecule has 0 N–H and O–H groups in total. The molecule has 1 aromatic carbocycles. The second kappa shape index (κ2) is 8.75. The molecule has 0 aliphatic carbocycles. The Labute approximate surface area is 170 Å². The Balaban J connectivity index is 1.36. The molecule has 2 amide bonds. The van der Waals surface area contributed by atoms with E-state index in [1.165, 1.54) is 0 Å². The molecule has 2 aliphatic rings. The van der Waals surface area contributed by atoms with Gasteiger partial charge in [0.2, 0.25) is 5.91 Å². The van der Waals surface area contributed by atoms with Gasteiger partial charge in [0, 0.05) is 51.6 Å². The highest BCUT2D eigenvalue weighted by Gasteiger charge is 2.36. The smallest absolute Gasteiger partial charge is 0.276 e. The average molecular weight is 398 g/mol. The van der Waals surface area contributed by atoms with Crippen LogP contribution in [0.5, 0.6) is 0 Å². The van der Waals surface area contributed by atoms with E-state index in [0.717, 1.165) is 25.1 Å². The molecule has 2 aromatic rings. The summed E-state index contributed by atoms with van der Waals surface area (Å²) < 4.78 is 10.1. The number of anilines is 1. The van der Waals surface area contributed by atoms with Gasteiger partial charge in [0.1, 0.15) is 6.61 Å². The molecule has 8 nitrogen and oxygen atoms in total. The molecular weight excluding hydrogens is 372 g/mol. The lowest BCUT2D eigenvalue weighted by Gasteiger charge is -2.42. The average Bonchev–Trinajstić information content (AvgIpc) is 3.23. The summed E-state index contributed by atoms with van der Waals surface area (Å²) in [5.41, 5.74) is 1.25. The zero-order valence-electron chi connectivity index (χ0n) is 16.6. The van der Waals surface area contributed by atoms with Crippen molar-refractivity contribution in [3.63, 3.8) is 0 Å². The third-order valence-electron chi connectivity index (χ3n) is 5.59. The topological polar surface area (TPSA) is 79.1 Å². The quantitative estimate of drug-likeness (QED) is 0.764. The van der Waals surface area contributed by atoms with Crippen LogP contribution in [0.15, 0.2) is 40.9 Å². The number of para-hydroxylation sites is 1. The summed E-state index contributed by atoms with van der Waals surface area (Å²) in [6, 6.07) is 11.3. The van der Waals surface area contributed by atoms with E-state index in [4.69, 9.17) is 9.26 Å². The van der Waals surface area contributed by atoms with Gasteiger partial charge in [-0.1, -0.05) is 23.4 Å². The van der Waals surface area contributed by atoms with Crippen molar-refractivity contribution in [3.05, 3.63) is 47.9 Å². The van der Waals surface area contributed by atoms with Crippen molar-refractivity contribution in [1.82, 2.24) is 15.0 Å². The number of nitrogens with zero attached hydrogens (tertiary/aromatic N) is 4. The maximum absolute atomic E-state index is 13.1. The van der Waals surface area contributed by atoms with E-state index in [1.54, 1.807) is 18.1 Å². The van der Waals surface area contributed by atoms with Gasteiger partial charge in [0.15, 0.2) is 11.5 Å². The van der Waals surface area contributed by atoms with Gasteiger partial charge >= 0.3 is 0 Å². The van der Waals surface area contributed by atoms with Crippen LogP contribution in [0.4, 0.5) is 5.69 Å². The molecule has 3 heterocycles. The lowest BCUT2D eigenvalue weighted by Crippen LogP contribution is -2.58. The number of ether oxygens (including phenoxy) is 1. The number of hydrogen-bond donors (Lipinski definition) is 0. The number of benzene rings is 1. The summed E-state index contributed by atoms with van der Waals surface area (Å²) in [5, 5.41) is 3.85. The molecule has 4 rings (SSSR count). The van der Waals surface area contributed by atoms with E-state index in [0.29, 0.717) is 37.6 Å². The van der Waals surface area contributed by atoms with Crippen LogP contribution in [-0.2, 0) is 16.1 Å². The van der Waals surface area contributed by atoms with Crippen LogP contribution in [0.1, 0.15) is 29.1 Å². The zero-order valence-corrected chi connectivity index (χ0v) is 16.6. The molecule has 1 atom stereocenters. The summed E-state index contributed by atoms with van der Waals surface area (Å²) in [7, 11) is 1.56. The van der Waals surface area contributed by atoms with Crippen LogP contribution in [0.25, 0.3) is 0 Å². The zero-order chi connectivity index (χ0) is 20.2. The number of hydrogen-bond acceptors (Lipinski definition) is 6. The Hall–Kier alpha value is -2.71. The van der Waals surface area contributed by atoms with E-state index in [9.17, 15) is 9.59 Å². The molecule has 0 saturated carbocycles. The van der Waals surface area contributed by atoms with Crippen molar-refractivity contribution >= 4 is 17.5 Å². The van der Waals surface area contributed by atoms with Gasteiger partial charge in [0.25, 0.3) is 5.91 Å². The minimum absolute atomic E-state index is 0.124. The van der Waals surface area contributed by atoms with Gasteiger partial charge in [-0.05, 0) is 25.0 Å². The Morgan fingerprint density at radius 1 is 1.17 bits per heavy atom. The number of aromatic nitrogens is 1. The number of amides is 2. The van der Waals surface area contributed by atoms with Crippen LogP contribution in [0.2, 0.25) is 0 Å². The van der Waals surface area contributed by atoms with Crippen LogP contribution in [0.3, 0.4) is 0 Å². The van der Waals surface area contributed by atoms with Crippen molar-refractivity contribution in [3.8, 4) is 0 Å². The Bertz CT molecular complexity index is 845. The highest BCUT2D eigenvalue weighted by atomic mass is 16.5. The fourth-order valence-corrected chi connectivity index (χ4v) is 4.08. The van der Waals surface area contributed by atoms with Crippen LogP contribution < -0.4 is 4.90 Å². The molecule has 0 radical (unpaired) electrons. The fraction of sp³-hybridized carbons (Fsp3) is 0.476. The molecule has 2 saturated heterocycles. The molecule has 0 spiro atoms. The van der Waals surface area contributed by atoms with E-state index >= 15 is 0 Å². The second-order valence-electron chi connectivity index (χ2n) is 7.42. The van der Waals surface area contributed by atoms with Crippen LogP contribution in [0, 0.1) is 0 Å². The highest BCUT2D eigenvalue weighted by molar-refractivity contribution is 5.98. The molecule has 0 bridgehead atoms. The molecule has 0 unspecified atom stereocenters. The van der Waals surface area contributed by atoms with Crippen molar-refractivity contribution in [1.29, 1.82) is 0 Å². The highest BCUT2D eigenvalue weighted by Crippen LogP contribution is 2.24. The molecule has 2 fully saturated rings.